The lowest BCUT2D eigenvalue weighted by molar-refractivity contribution is -0.122. The highest BCUT2D eigenvalue weighted by molar-refractivity contribution is 7.91. The fourth-order valence-electron chi connectivity index (χ4n) is 3.13. The molecule has 0 bridgehead atoms. The van der Waals surface area contributed by atoms with Crippen molar-refractivity contribution in [3.63, 3.8) is 0 Å². The van der Waals surface area contributed by atoms with Crippen LogP contribution in [0.1, 0.15) is 44.9 Å². The normalized spacial score (nSPS) is 26.8. The van der Waals surface area contributed by atoms with Crippen LogP contribution in [0.5, 0.6) is 0 Å². The standard InChI is InChI=1S/C14H26N2O3S/c1-16(13-8-10-20(18,19)11-13)9-7-14(17)15-12-5-3-2-4-6-12/h12-13H,2-11H2,1H3,(H,15,17). The SMILES string of the molecule is CN(CCC(=O)NC1CCCCC1)C1CCS(=O)(=O)C1. The maximum Gasteiger partial charge on any atom is 0.221 e. The molecule has 1 heterocycles. The molecule has 1 aliphatic carbocycles. The van der Waals surface area contributed by atoms with Gasteiger partial charge in [-0.2, -0.15) is 0 Å². The Balaban J connectivity index is 1.67. The summed E-state index contributed by atoms with van der Waals surface area (Å²) in [6.07, 6.45) is 7.07. The highest BCUT2D eigenvalue weighted by Gasteiger charge is 2.30. The minimum Gasteiger partial charge on any atom is -0.353 e. The molecule has 2 aliphatic rings. The van der Waals surface area contributed by atoms with E-state index < -0.39 is 9.84 Å². The second-order valence-electron chi connectivity index (χ2n) is 6.19. The Hall–Kier alpha value is -0.620. The van der Waals surface area contributed by atoms with Gasteiger partial charge in [-0.25, -0.2) is 8.42 Å². The van der Waals surface area contributed by atoms with Crippen LogP contribution in [-0.4, -0.2) is 56.4 Å². The van der Waals surface area contributed by atoms with Gasteiger partial charge in [-0.05, 0) is 26.3 Å². The van der Waals surface area contributed by atoms with Gasteiger partial charge in [0.1, 0.15) is 0 Å². The average molecular weight is 302 g/mol. The summed E-state index contributed by atoms with van der Waals surface area (Å²) in [4.78, 5) is 13.9. The summed E-state index contributed by atoms with van der Waals surface area (Å²) in [6, 6.07) is 0.441. The summed E-state index contributed by atoms with van der Waals surface area (Å²) in [5.41, 5.74) is 0. The van der Waals surface area contributed by atoms with E-state index in [4.69, 9.17) is 0 Å². The topological polar surface area (TPSA) is 66.5 Å². The third kappa shape index (κ3) is 4.74. The molecule has 20 heavy (non-hydrogen) atoms. The number of rotatable bonds is 5. The molecule has 0 aromatic carbocycles. The molecule has 2 fully saturated rings. The van der Waals surface area contributed by atoms with E-state index in [1.54, 1.807) is 0 Å². The molecular formula is C14H26N2O3S. The van der Waals surface area contributed by atoms with Crippen LogP contribution >= 0.6 is 0 Å². The van der Waals surface area contributed by atoms with Crippen LogP contribution in [0.25, 0.3) is 0 Å². The predicted molar refractivity (Wildman–Crippen MR) is 79.3 cm³/mol. The molecule has 0 aromatic heterocycles. The van der Waals surface area contributed by atoms with E-state index in [0.717, 1.165) is 12.8 Å². The zero-order chi connectivity index (χ0) is 14.6. The van der Waals surface area contributed by atoms with Gasteiger partial charge in [0.15, 0.2) is 9.84 Å². The fraction of sp³-hybridized carbons (Fsp3) is 0.929. The number of nitrogens with one attached hydrogen (secondary N) is 1. The summed E-state index contributed by atoms with van der Waals surface area (Å²) < 4.78 is 22.9. The van der Waals surface area contributed by atoms with Crippen LogP contribution in [0.4, 0.5) is 0 Å². The van der Waals surface area contributed by atoms with Gasteiger partial charge >= 0.3 is 0 Å². The summed E-state index contributed by atoms with van der Waals surface area (Å²) >= 11 is 0. The van der Waals surface area contributed by atoms with E-state index in [-0.39, 0.29) is 23.5 Å². The summed E-state index contributed by atoms with van der Waals surface area (Å²) in [5.74, 6) is 0.633. The van der Waals surface area contributed by atoms with Crippen LogP contribution in [-0.2, 0) is 14.6 Å². The van der Waals surface area contributed by atoms with Crippen LogP contribution in [0.15, 0.2) is 0 Å². The van der Waals surface area contributed by atoms with E-state index in [1.807, 2.05) is 11.9 Å². The minimum atomic E-state index is -2.84. The Kier molecular flexibility index (Phi) is 5.43. The molecule has 6 heteroatoms. The summed E-state index contributed by atoms with van der Waals surface area (Å²) in [5, 5.41) is 3.10. The van der Waals surface area contributed by atoms with Crippen molar-refractivity contribution in [2.75, 3.05) is 25.1 Å². The third-order valence-corrected chi connectivity index (χ3v) is 6.24. The Morgan fingerprint density at radius 1 is 1.20 bits per heavy atom. The third-order valence-electron chi connectivity index (χ3n) is 4.49. The Morgan fingerprint density at radius 3 is 2.50 bits per heavy atom. The van der Waals surface area contributed by atoms with E-state index in [2.05, 4.69) is 5.32 Å². The smallest absolute Gasteiger partial charge is 0.221 e. The van der Waals surface area contributed by atoms with Gasteiger partial charge in [0, 0.05) is 25.0 Å². The molecule has 0 spiro atoms. The van der Waals surface area contributed by atoms with Crippen molar-refractivity contribution in [3.05, 3.63) is 0 Å². The molecule has 1 saturated heterocycles. The van der Waals surface area contributed by atoms with Gasteiger partial charge in [0.05, 0.1) is 11.5 Å². The average Bonchev–Trinajstić information content (AvgIpc) is 2.78. The van der Waals surface area contributed by atoms with Crippen LogP contribution < -0.4 is 5.32 Å². The zero-order valence-corrected chi connectivity index (χ0v) is 13.1. The van der Waals surface area contributed by atoms with Crippen LogP contribution in [0.3, 0.4) is 0 Å². The highest BCUT2D eigenvalue weighted by atomic mass is 32.2. The minimum absolute atomic E-state index is 0.0856. The molecule has 1 unspecified atom stereocenters. The number of hydrogen-bond donors (Lipinski definition) is 1. The molecule has 0 aromatic rings. The number of carbonyl (C=O) groups excluding carboxylic acids is 1. The van der Waals surface area contributed by atoms with Crippen molar-refractivity contribution >= 4 is 15.7 Å². The van der Waals surface area contributed by atoms with Gasteiger partial charge in [0.2, 0.25) is 5.91 Å². The molecule has 1 atom stereocenters. The van der Waals surface area contributed by atoms with Crippen molar-refractivity contribution in [1.82, 2.24) is 10.2 Å². The lowest BCUT2D eigenvalue weighted by atomic mass is 9.95. The maximum absolute atomic E-state index is 11.9. The largest absolute Gasteiger partial charge is 0.353 e. The first-order valence-electron chi connectivity index (χ1n) is 7.66. The van der Waals surface area contributed by atoms with E-state index in [9.17, 15) is 13.2 Å². The van der Waals surface area contributed by atoms with E-state index >= 15 is 0 Å². The molecule has 1 aliphatic heterocycles. The second kappa shape index (κ2) is 6.89. The summed E-state index contributed by atoms with van der Waals surface area (Å²) in [7, 11) is -0.928. The number of nitrogens with zero attached hydrogens (tertiary/aromatic N) is 1. The second-order valence-corrected chi connectivity index (χ2v) is 8.42. The van der Waals surface area contributed by atoms with Gasteiger partial charge in [-0.3, -0.25) is 4.79 Å². The lowest BCUT2D eigenvalue weighted by Gasteiger charge is -2.25. The van der Waals surface area contributed by atoms with Crippen LogP contribution in [0.2, 0.25) is 0 Å². The number of sulfone groups is 1. The van der Waals surface area contributed by atoms with Gasteiger partial charge < -0.3 is 10.2 Å². The van der Waals surface area contributed by atoms with Gasteiger partial charge in [0.25, 0.3) is 0 Å². The molecule has 2 rings (SSSR count). The maximum atomic E-state index is 11.9. The molecule has 0 radical (unpaired) electrons. The quantitative estimate of drug-likeness (QED) is 0.821. The van der Waals surface area contributed by atoms with Crippen molar-refractivity contribution in [2.45, 2.75) is 57.0 Å². The molecule has 1 amide bonds. The lowest BCUT2D eigenvalue weighted by Crippen LogP contribution is -2.39. The molecule has 5 nitrogen and oxygen atoms in total. The number of amides is 1. The predicted octanol–water partition coefficient (Wildman–Crippen LogP) is 0.944. The van der Waals surface area contributed by atoms with E-state index in [1.165, 1.54) is 19.3 Å². The van der Waals surface area contributed by atoms with Crippen molar-refractivity contribution < 1.29 is 13.2 Å². The zero-order valence-electron chi connectivity index (χ0n) is 12.3. The number of hydrogen-bond acceptors (Lipinski definition) is 4. The Labute approximate surface area is 122 Å². The first-order chi connectivity index (χ1) is 9.46. The highest BCUT2D eigenvalue weighted by Crippen LogP contribution is 2.18. The molecule has 1 saturated carbocycles. The first-order valence-corrected chi connectivity index (χ1v) is 9.48. The number of carbonyl (C=O) groups is 1. The van der Waals surface area contributed by atoms with E-state index in [0.29, 0.717) is 25.4 Å². The van der Waals surface area contributed by atoms with Gasteiger partial charge in [-0.1, -0.05) is 19.3 Å². The molecule has 116 valence electrons. The van der Waals surface area contributed by atoms with Crippen molar-refractivity contribution in [2.24, 2.45) is 0 Å². The van der Waals surface area contributed by atoms with Crippen molar-refractivity contribution in [3.8, 4) is 0 Å². The molecule has 1 N–H and O–H groups in total. The molecular weight excluding hydrogens is 276 g/mol. The first kappa shape index (κ1) is 15.8. The fourth-order valence-corrected chi connectivity index (χ4v) is 4.94. The summed E-state index contributed by atoms with van der Waals surface area (Å²) in [6.45, 7) is 0.638. The van der Waals surface area contributed by atoms with Crippen molar-refractivity contribution in [1.29, 1.82) is 0 Å². The Morgan fingerprint density at radius 2 is 1.90 bits per heavy atom. The van der Waals surface area contributed by atoms with Gasteiger partial charge in [-0.15, -0.1) is 0 Å². The Bertz CT molecular complexity index is 430. The van der Waals surface area contributed by atoms with Crippen LogP contribution in [0, 0.1) is 0 Å². The monoisotopic (exact) mass is 302 g/mol.